The number of benzene rings is 1. The van der Waals surface area contributed by atoms with E-state index in [-0.39, 0.29) is 11.4 Å². The number of methoxy groups -OCH3 is 1. The van der Waals surface area contributed by atoms with Crippen LogP contribution in [0.5, 0.6) is 0 Å². The number of nitrogens with one attached hydrogen (secondary N) is 1. The summed E-state index contributed by atoms with van der Waals surface area (Å²) in [6.45, 7) is 1.82. The van der Waals surface area contributed by atoms with Gasteiger partial charge in [0.2, 0.25) is 0 Å². The Labute approximate surface area is 101 Å². The molecule has 0 amide bonds. The lowest BCUT2D eigenvalue weighted by Crippen LogP contribution is -2.42. The molecule has 0 saturated carbocycles. The van der Waals surface area contributed by atoms with Gasteiger partial charge in [-0.3, -0.25) is 0 Å². The van der Waals surface area contributed by atoms with Gasteiger partial charge in [-0.25, -0.2) is 4.39 Å². The summed E-state index contributed by atoms with van der Waals surface area (Å²) >= 11 is 0. The maximum absolute atomic E-state index is 13.0. The molecule has 0 spiro atoms. The van der Waals surface area contributed by atoms with Gasteiger partial charge >= 0.3 is 0 Å². The summed E-state index contributed by atoms with van der Waals surface area (Å²) in [5.41, 5.74) is 0.317. The Morgan fingerprint density at radius 3 is 2.76 bits per heavy atom. The van der Waals surface area contributed by atoms with Gasteiger partial charge in [0, 0.05) is 25.5 Å². The Hall–Kier alpha value is -1.37. The zero-order chi connectivity index (χ0) is 12.1. The summed E-state index contributed by atoms with van der Waals surface area (Å²) in [6, 6.07) is 6.33. The number of piperidine rings is 1. The highest BCUT2D eigenvalue weighted by atomic mass is 19.1. The lowest BCUT2D eigenvalue weighted by molar-refractivity contribution is 0.0159. The van der Waals surface area contributed by atoms with Gasteiger partial charge in [0.1, 0.15) is 11.4 Å². The fraction of sp³-hybridized carbons (Fsp3) is 0.429. The van der Waals surface area contributed by atoms with Crippen molar-refractivity contribution >= 4 is 0 Å². The van der Waals surface area contributed by atoms with E-state index in [9.17, 15) is 4.39 Å². The van der Waals surface area contributed by atoms with Gasteiger partial charge in [-0.15, -0.1) is 0 Å². The molecule has 0 aliphatic carbocycles. The molecular weight excluding hydrogens is 217 g/mol. The van der Waals surface area contributed by atoms with Crippen LogP contribution >= 0.6 is 0 Å². The molecule has 2 rings (SSSR count). The minimum atomic E-state index is -0.377. The highest BCUT2D eigenvalue weighted by molar-refractivity contribution is 5.36. The van der Waals surface area contributed by atoms with Crippen molar-refractivity contribution in [2.75, 3.05) is 20.2 Å². The van der Waals surface area contributed by atoms with E-state index in [1.165, 1.54) is 12.1 Å². The Morgan fingerprint density at radius 1 is 1.35 bits per heavy atom. The third kappa shape index (κ3) is 3.06. The van der Waals surface area contributed by atoms with Gasteiger partial charge in [0.25, 0.3) is 0 Å². The summed E-state index contributed by atoms with van der Waals surface area (Å²) in [4.78, 5) is 0. The van der Waals surface area contributed by atoms with Crippen molar-refractivity contribution in [3.05, 3.63) is 35.6 Å². The molecule has 1 aliphatic rings. The van der Waals surface area contributed by atoms with Crippen molar-refractivity contribution < 1.29 is 9.13 Å². The van der Waals surface area contributed by atoms with Crippen molar-refractivity contribution in [1.82, 2.24) is 5.32 Å². The van der Waals surface area contributed by atoms with Gasteiger partial charge < -0.3 is 10.1 Å². The molecule has 1 saturated heterocycles. The predicted molar refractivity (Wildman–Crippen MR) is 65.1 cm³/mol. The molecule has 1 N–H and O–H groups in total. The Balaban J connectivity index is 2.18. The summed E-state index contributed by atoms with van der Waals surface area (Å²) < 4.78 is 18.5. The first kappa shape index (κ1) is 12.1. The van der Waals surface area contributed by atoms with Crippen LogP contribution in [0, 0.1) is 17.7 Å². The third-order valence-corrected chi connectivity index (χ3v) is 3.06. The average molecular weight is 233 g/mol. The molecule has 0 atom stereocenters. The molecular formula is C14H16FNO. The van der Waals surface area contributed by atoms with Gasteiger partial charge in [-0.2, -0.15) is 0 Å². The quantitative estimate of drug-likeness (QED) is 0.749. The van der Waals surface area contributed by atoms with Crippen molar-refractivity contribution in [2.24, 2.45) is 0 Å². The number of rotatable bonds is 1. The Bertz CT molecular complexity index is 441. The first-order valence-corrected chi connectivity index (χ1v) is 5.79. The molecule has 0 aromatic heterocycles. The van der Waals surface area contributed by atoms with Crippen LogP contribution in [0.1, 0.15) is 18.4 Å². The smallest absolute Gasteiger partial charge is 0.131 e. The zero-order valence-electron chi connectivity index (χ0n) is 9.92. The van der Waals surface area contributed by atoms with Crippen LogP contribution in [0.4, 0.5) is 4.39 Å². The fourth-order valence-corrected chi connectivity index (χ4v) is 1.96. The van der Waals surface area contributed by atoms with Crippen LogP contribution in [0.15, 0.2) is 24.3 Å². The zero-order valence-corrected chi connectivity index (χ0v) is 9.92. The van der Waals surface area contributed by atoms with Crippen molar-refractivity contribution in [2.45, 2.75) is 18.4 Å². The number of hydrogen-bond acceptors (Lipinski definition) is 2. The second-order valence-corrected chi connectivity index (χ2v) is 4.21. The van der Waals surface area contributed by atoms with Gasteiger partial charge in [-0.1, -0.05) is 17.9 Å². The molecule has 2 nitrogen and oxygen atoms in total. The second kappa shape index (κ2) is 5.31. The maximum atomic E-state index is 13.0. The molecule has 3 heteroatoms. The van der Waals surface area contributed by atoms with E-state index in [4.69, 9.17) is 4.74 Å². The number of halogens is 1. The minimum Gasteiger partial charge on any atom is -0.365 e. The normalized spacial score (nSPS) is 18.2. The highest BCUT2D eigenvalue weighted by Crippen LogP contribution is 2.21. The van der Waals surface area contributed by atoms with Gasteiger partial charge in [0.05, 0.1) is 0 Å². The molecule has 1 aromatic rings. The predicted octanol–water partition coefficient (Wildman–Crippen LogP) is 1.95. The van der Waals surface area contributed by atoms with Crippen LogP contribution in [0.25, 0.3) is 0 Å². The summed E-state index contributed by atoms with van der Waals surface area (Å²) in [5, 5.41) is 3.27. The van der Waals surface area contributed by atoms with Gasteiger partial charge in [0.15, 0.2) is 0 Å². The van der Waals surface area contributed by atoms with Gasteiger partial charge in [-0.05, 0) is 31.3 Å². The van der Waals surface area contributed by atoms with E-state index < -0.39 is 0 Å². The van der Waals surface area contributed by atoms with E-state index in [1.54, 1.807) is 19.2 Å². The lowest BCUT2D eigenvalue weighted by atomic mass is 9.92. The Morgan fingerprint density at radius 2 is 2.12 bits per heavy atom. The molecule has 90 valence electrons. The van der Waals surface area contributed by atoms with E-state index in [0.29, 0.717) is 5.56 Å². The van der Waals surface area contributed by atoms with E-state index >= 15 is 0 Å². The molecule has 0 radical (unpaired) electrons. The summed E-state index contributed by atoms with van der Waals surface area (Å²) in [7, 11) is 1.69. The molecule has 17 heavy (non-hydrogen) atoms. The first-order chi connectivity index (χ1) is 8.24. The second-order valence-electron chi connectivity index (χ2n) is 4.21. The first-order valence-electron chi connectivity index (χ1n) is 5.79. The minimum absolute atomic E-state index is 0.256. The summed E-state index contributed by atoms with van der Waals surface area (Å²) in [6.07, 6.45) is 1.73. The number of hydrogen-bond donors (Lipinski definition) is 1. The van der Waals surface area contributed by atoms with Crippen LogP contribution in [0.2, 0.25) is 0 Å². The lowest BCUT2D eigenvalue weighted by Gasteiger charge is -2.31. The van der Waals surface area contributed by atoms with Crippen LogP contribution in [-0.2, 0) is 4.74 Å². The fourth-order valence-electron chi connectivity index (χ4n) is 1.96. The third-order valence-electron chi connectivity index (χ3n) is 3.06. The van der Waals surface area contributed by atoms with E-state index in [0.717, 1.165) is 25.9 Å². The van der Waals surface area contributed by atoms with Crippen LogP contribution in [0.3, 0.4) is 0 Å². The molecule has 1 heterocycles. The largest absolute Gasteiger partial charge is 0.365 e. The molecule has 0 bridgehead atoms. The molecule has 1 aliphatic heterocycles. The topological polar surface area (TPSA) is 21.3 Å². The SMILES string of the molecule is COC1(C#Cc2cccc(F)c2)CCNCC1. The van der Waals surface area contributed by atoms with E-state index in [1.807, 2.05) is 0 Å². The van der Waals surface area contributed by atoms with Crippen LogP contribution in [-0.4, -0.2) is 25.8 Å². The maximum Gasteiger partial charge on any atom is 0.131 e. The molecule has 0 unspecified atom stereocenters. The average Bonchev–Trinajstić information content (AvgIpc) is 2.38. The van der Waals surface area contributed by atoms with Crippen molar-refractivity contribution in [1.29, 1.82) is 0 Å². The highest BCUT2D eigenvalue weighted by Gasteiger charge is 2.29. The van der Waals surface area contributed by atoms with Crippen molar-refractivity contribution in [3.8, 4) is 11.8 Å². The molecule has 1 fully saturated rings. The number of ether oxygens (including phenoxy) is 1. The van der Waals surface area contributed by atoms with E-state index in [2.05, 4.69) is 17.2 Å². The van der Waals surface area contributed by atoms with Crippen LogP contribution < -0.4 is 5.32 Å². The summed E-state index contributed by atoms with van der Waals surface area (Å²) in [5.74, 6) is 5.90. The molecule has 1 aromatic carbocycles. The monoisotopic (exact) mass is 233 g/mol. The standard InChI is InChI=1S/C14H16FNO/c1-17-14(7-9-16-10-8-14)6-5-12-3-2-4-13(15)11-12/h2-4,11,16H,7-10H2,1H3. The Kier molecular flexibility index (Phi) is 3.78. The van der Waals surface area contributed by atoms with Crippen molar-refractivity contribution in [3.63, 3.8) is 0 Å².